The molecule has 0 atom stereocenters. The summed E-state index contributed by atoms with van der Waals surface area (Å²) in [6, 6.07) is 7.71. The Morgan fingerprint density at radius 3 is 2.36 bits per heavy atom. The maximum absolute atomic E-state index is 13.0. The summed E-state index contributed by atoms with van der Waals surface area (Å²) < 4.78 is 29.7. The minimum Gasteiger partial charge on any atom is -0.269 e. The topological polar surface area (TPSA) is 55.2 Å². The van der Waals surface area contributed by atoms with Crippen LogP contribution in [0, 0.1) is 33.6 Å². The lowest BCUT2D eigenvalue weighted by Crippen LogP contribution is -2.39. The van der Waals surface area contributed by atoms with Gasteiger partial charge in [0.25, 0.3) is 0 Å². The molecule has 2 aromatic rings. The maximum atomic E-state index is 13.0. The Morgan fingerprint density at radius 2 is 1.76 bits per heavy atom. The summed E-state index contributed by atoms with van der Waals surface area (Å²) in [7, 11) is -3.40. The van der Waals surface area contributed by atoms with Gasteiger partial charge in [-0.15, -0.1) is 0 Å². The predicted molar refractivity (Wildman–Crippen MR) is 99.1 cm³/mol. The second-order valence-electron chi connectivity index (χ2n) is 7.23. The first-order valence-electron chi connectivity index (χ1n) is 8.86. The van der Waals surface area contributed by atoms with E-state index in [1.807, 2.05) is 32.9 Å². The molecule has 1 aliphatic heterocycles. The van der Waals surface area contributed by atoms with Gasteiger partial charge in [-0.2, -0.15) is 9.40 Å². The summed E-state index contributed by atoms with van der Waals surface area (Å²) in [4.78, 5) is 0.449. The number of hydrogen-bond donors (Lipinski definition) is 0. The zero-order valence-electron chi connectivity index (χ0n) is 15.5. The molecule has 0 amide bonds. The maximum Gasteiger partial charge on any atom is 0.243 e. The van der Waals surface area contributed by atoms with E-state index in [1.54, 1.807) is 10.4 Å². The number of nitrogens with zero attached hydrogens (tertiary/aromatic N) is 3. The van der Waals surface area contributed by atoms with Gasteiger partial charge in [0, 0.05) is 25.3 Å². The number of piperidine rings is 1. The van der Waals surface area contributed by atoms with Gasteiger partial charge in [-0.25, -0.2) is 8.42 Å². The highest BCUT2D eigenvalue weighted by Crippen LogP contribution is 2.27. The van der Waals surface area contributed by atoms with Crippen LogP contribution in [0.1, 0.15) is 35.4 Å². The highest BCUT2D eigenvalue weighted by molar-refractivity contribution is 7.89. The lowest BCUT2D eigenvalue weighted by molar-refractivity contribution is 0.246. The number of benzene rings is 1. The zero-order chi connectivity index (χ0) is 18.2. The van der Waals surface area contributed by atoms with E-state index in [9.17, 15) is 8.42 Å². The molecule has 25 heavy (non-hydrogen) atoms. The average molecular weight is 362 g/mol. The Balaban J connectivity index is 1.69. The highest BCUT2D eigenvalue weighted by Gasteiger charge is 2.30. The fraction of sp³-hybridized carbons (Fsp3) is 0.526. The fourth-order valence-electron chi connectivity index (χ4n) is 3.56. The molecule has 6 heteroatoms. The van der Waals surface area contributed by atoms with Crippen molar-refractivity contribution in [1.82, 2.24) is 14.1 Å². The van der Waals surface area contributed by atoms with Crippen molar-refractivity contribution >= 4 is 10.0 Å². The molecule has 0 bridgehead atoms. The van der Waals surface area contributed by atoms with Crippen molar-refractivity contribution in [2.75, 3.05) is 13.1 Å². The molecular formula is C19H27N3O2S. The van der Waals surface area contributed by atoms with Crippen LogP contribution in [0.2, 0.25) is 0 Å². The van der Waals surface area contributed by atoms with Crippen molar-refractivity contribution in [3.8, 4) is 0 Å². The third-order valence-electron chi connectivity index (χ3n) is 5.07. The molecule has 1 aliphatic rings. The van der Waals surface area contributed by atoms with Crippen LogP contribution in [0.4, 0.5) is 0 Å². The van der Waals surface area contributed by atoms with Crippen LogP contribution in [0.5, 0.6) is 0 Å². The van der Waals surface area contributed by atoms with E-state index in [0.717, 1.165) is 36.2 Å². The lowest BCUT2D eigenvalue weighted by atomic mass is 9.98. The van der Waals surface area contributed by atoms with E-state index in [4.69, 9.17) is 0 Å². The van der Waals surface area contributed by atoms with Crippen LogP contribution in [0.3, 0.4) is 0 Å². The molecule has 1 saturated heterocycles. The standard InChI is InChI=1S/C19H27N3O2S/c1-14-5-6-15(2)19(11-14)25(23,24)21-9-7-18(8-10-21)13-22-17(4)12-16(3)20-22/h5-6,11-12,18H,7-10,13H2,1-4H3. The van der Waals surface area contributed by atoms with Crippen molar-refractivity contribution in [3.05, 3.63) is 46.8 Å². The fourth-order valence-corrected chi connectivity index (χ4v) is 5.34. The first-order valence-corrected chi connectivity index (χ1v) is 10.3. The molecule has 1 fully saturated rings. The summed E-state index contributed by atoms with van der Waals surface area (Å²) in [6.07, 6.45) is 1.75. The quantitative estimate of drug-likeness (QED) is 0.840. The Morgan fingerprint density at radius 1 is 1.08 bits per heavy atom. The SMILES string of the molecule is Cc1ccc(C)c(S(=O)(=O)N2CCC(Cn3nc(C)cc3C)CC2)c1. The van der Waals surface area contributed by atoms with Crippen molar-refractivity contribution < 1.29 is 8.42 Å². The van der Waals surface area contributed by atoms with Gasteiger partial charge in [0.05, 0.1) is 10.6 Å². The monoisotopic (exact) mass is 361 g/mol. The highest BCUT2D eigenvalue weighted by atomic mass is 32.2. The van der Waals surface area contributed by atoms with Crippen LogP contribution < -0.4 is 0 Å². The van der Waals surface area contributed by atoms with Gasteiger partial charge in [0.1, 0.15) is 0 Å². The first kappa shape index (κ1) is 18.1. The molecule has 0 aliphatic carbocycles. The normalized spacial score (nSPS) is 17.1. The van der Waals surface area contributed by atoms with Gasteiger partial charge in [-0.05, 0) is 69.7 Å². The van der Waals surface area contributed by atoms with Crippen molar-refractivity contribution in [2.45, 2.75) is 52.0 Å². The van der Waals surface area contributed by atoms with Crippen LogP contribution in [-0.4, -0.2) is 35.6 Å². The van der Waals surface area contributed by atoms with E-state index in [1.165, 1.54) is 5.69 Å². The van der Waals surface area contributed by atoms with Crippen LogP contribution in [0.15, 0.2) is 29.2 Å². The third kappa shape index (κ3) is 3.80. The molecule has 136 valence electrons. The largest absolute Gasteiger partial charge is 0.269 e. The molecule has 2 heterocycles. The van der Waals surface area contributed by atoms with Gasteiger partial charge in [-0.1, -0.05) is 12.1 Å². The predicted octanol–water partition coefficient (Wildman–Crippen LogP) is 3.22. The second-order valence-corrected chi connectivity index (χ2v) is 9.13. The zero-order valence-corrected chi connectivity index (χ0v) is 16.3. The molecule has 0 N–H and O–H groups in total. The summed E-state index contributed by atoms with van der Waals surface area (Å²) >= 11 is 0. The van der Waals surface area contributed by atoms with Gasteiger partial charge >= 0.3 is 0 Å². The van der Waals surface area contributed by atoms with Gasteiger partial charge in [0.2, 0.25) is 10.0 Å². The molecule has 1 aromatic carbocycles. The summed E-state index contributed by atoms with van der Waals surface area (Å²) in [5, 5.41) is 4.53. The number of aryl methyl sites for hydroxylation is 4. The third-order valence-corrected chi connectivity index (χ3v) is 7.11. The molecule has 1 aromatic heterocycles. The van der Waals surface area contributed by atoms with Crippen LogP contribution in [-0.2, 0) is 16.6 Å². The second kappa shape index (κ2) is 6.92. The average Bonchev–Trinajstić information content (AvgIpc) is 2.87. The number of rotatable bonds is 4. The molecule has 5 nitrogen and oxygen atoms in total. The minimum absolute atomic E-state index is 0.449. The summed E-state index contributed by atoms with van der Waals surface area (Å²) in [5.74, 6) is 0.475. The van der Waals surface area contributed by atoms with E-state index in [0.29, 0.717) is 23.9 Å². The molecular weight excluding hydrogens is 334 g/mol. The minimum atomic E-state index is -3.40. The molecule has 3 rings (SSSR count). The Labute approximate surface area is 150 Å². The molecule has 0 radical (unpaired) electrons. The van der Waals surface area contributed by atoms with Crippen LogP contribution >= 0.6 is 0 Å². The smallest absolute Gasteiger partial charge is 0.243 e. The number of hydrogen-bond acceptors (Lipinski definition) is 3. The Kier molecular flexibility index (Phi) is 5.02. The van der Waals surface area contributed by atoms with E-state index < -0.39 is 10.0 Å². The molecule has 0 spiro atoms. The van der Waals surface area contributed by atoms with Gasteiger partial charge in [0.15, 0.2) is 0 Å². The van der Waals surface area contributed by atoms with Crippen molar-refractivity contribution in [2.24, 2.45) is 5.92 Å². The Hall–Kier alpha value is -1.66. The number of sulfonamides is 1. The lowest BCUT2D eigenvalue weighted by Gasteiger charge is -2.31. The first-order chi connectivity index (χ1) is 11.8. The molecule has 0 unspecified atom stereocenters. The summed E-state index contributed by atoms with van der Waals surface area (Å²) in [6.45, 7) is 9.90. The summed E-state index contributed by atoms with van der Waals surface area (Å²) in [5.41, 5.74) is 3.99. The van der Waals surface area contributed by atoms with Crippen LogP contribution in [0.25, 0.3) is 0 Å². The van der Waals surface area contributed by atoms with E-state index >= 15 is 0 Å². The van der Waals surface area contributed by atoms with Crippen molar-refractivity contribution in [1.29, 1.82) is 0 Å². The van der Waals surface area contributed by atoms with Gasteiger partial charge in [-0.3, -0.25) is 4.68 Å². The van der Waals surface area contributed by atoms with Crippen molar-refractivity contribution in [3.63, 3.8) is 0 Å². The Bertz CT molecular complexity index is 863. The molecule has 0 saturated carbocycles. The van der Waals surface area contributed by atoms with Gasteiger partial charge < -0.3 is 0 Å². The van der Waals surface area contributed by atoms with E-state index in [2.05, 4.69) is 22.8 Å². The number of aromatic nitrogens is 2. The van der Waals surface area contributed by atoms with E-state index in [-0.39, 0.29) is 0 Å².